The van der Waals surface area contributed by atoms with Gasteiger partial charge >= 0.3 is 5.97 Å². The summed E-state index contributed by atoms with van der Waals surface area (Å²) in [5.41, 5.74) is 6.38. The summed E-state index contributed by atoms with van der Waals surface area (Å²) in [6, 6.07) is -0.369. The number of hydrogen-bond acceptors (Lipinski definition) is 4. The lowest BCUT2D eigenvalue weighted by molar-refractivity contribution is -0.139. The van der Waals surface area contributed by atoms with E-state index < -0.39 is 5.97 Å². The smallest absolute Gasteiger partial charge is 0.320 e. The monoisotopic (exact) mass is 312 g/mol. The number of nitrogens with one attached hydrogen (secondary N) is 2. The van der Waals surface area contributed by atoms with Crippen molar-refractivity contribution in [2.24, 2.45) is 11.7 Å². The van der Waals surface area contributed by atoms with E-state index in [1.54, 1.807) is 12.5 Å². The standard InChI is InChI=1S/C11H23NO2.C5H9N3/c1-4-5-6-7-12-10(11(13)14)8-9(2)3;6-2-1-5-3-7-4-8-5/h9-10,12H,4-8H2,1-3H3,(H,13,14);3-4H,1-2,6H2,(H,7,8). The second-order valence-electron chi connectivity index (χ2n) is 5.80. The van der Waals surface area contributed by atoms with Gasteiger partial charge in [-0.05, 0) is 31.8 Å². The number of nitrogens with two attached hydrogens (primary N) is 1. The number of carbonyl (C=O) groups is 1. The maximum atomic E-state index is 10.8. The van der Waals surface area contributed by atoms with E-state index in [9.17, 15) is 4.79 Å². The quantitative estimate of drug-likeness (QED) is 0.496. The average Bonchev–Trinajstić information content (AvgIpc) is 2.96. The summed E-state index contributed by atoms with van der Waals surface area (Å²) in [6.45, 7) is 7.73. The van der Waals surface area contributed by atoms with Gasteiger partial charge in [-0.3, -0.25) is 4.79 Å². The summed E-state index contributed by atoms with van der Waals surface area (Å²) >= 11 is 0. The summed E-state index contributed by atoms with van der Waals surface area (Å²) in [4.78, 5) is 17.6. The van der Waals surface area contributed by atoms with E-state index in [1.807, 2.05) is 13.8 Å². The van der Waals surface area contributed by atoms with Gasteiger partial charge in [-0.15, -0.1) is 0 Å². The van der Waals surface area contributed by atoms with Crippen molar-refractivity contribution < 1.29 is 9.90 Å². The molecule has 1 atom stereocenters. The number of nitrogens with zero attached hydrogens (tertiary/aromatic N) is 1. The third-order valence-electron chi connectivity index (χ3n) is 3.14. The molecule has 0 aromatic carbocycles. The van der Waals surface area contributed by atoms with Crippen molar-refractivity contribution in [1.29, 1.82) is 0 Å². The van der Waals surface area contributed by atoms with Gasteiger partial charge in [-0.25, -0.2) is 4.98 Å². The Hall–Kier alpha value is -1.40. The number of hydrogen-bond donors (Lipinski definition) is 4. The Balaban J connectivity index is 0.000000461. The molecule has 1 aromatic heterocycles. The van der Waals surface area contributed by atoms with Crippen molar-refractivity contribution in [1.82, 2.24) is 15.3 Å². The van der Waals surface area contributed by atoms with Gasteiger partial charge in [-0.2, -0.15) is 0 Å². The molecule has 1 rings (SSSR count). The molecule has 0 aliphatic carbocycles. The summed E-state index contributed by atoms with van der Waals surface area (Å²) < 4.78 is 0. The number of imidazole rings is 1. The van der Waals surface area contributed by atoms with Gasteiger partial charge in [-0.1, -0.05) is 33.6 Å². The molecule has 0 saturated carbocycles. The van der Waals surface area contributed by atoms with Crippen LogP contribution in [0.15, 0.2) is 12.5 Å². The molecule has 0 spiro atoms. The van der Waals surface area contributed by atoms with Crippen LogP contribution in [-0.4, -0.2) is 40.2 Å². The van der Waals surface area contributed by atoms with Gasteiger partial charge in [0, 0.05) is 18.3 Å². The molecule has 0 aliphatic rings. The van der Waals surface area contributed by atoms with Crippen molar-refractivity contribution in [2.45, 2.75) is 58.9 Å². The normalized spacial score (nSPS) is 11.9. The van der Waals surface area contributed by atoms with Crippen LogP contribution in [0.4, 0.5) is 0 Å². The molecule has 128 valence electrons. The molecular formula is C16H32N4O2. The fourth-order valence-corrected chi connectivity index (χ4v) is 1.97. The van der Waals surface area contributed by atoms with Crippen molar-refractivity contribution in [3.8, 4) is 0 Å². The highest BCUT2D eigenvalue weighted by Crippen LogP contribution is 2.05. The average molecular weight is 312 g/mol. The molecule has 0 radical (unpaired) electrons. The zero-order chi connectivity index (χ0) is 16.8. The van der Waals surface area contributed by atoms with E-state index in [0.29, 0.717) is 18.9 Å². The van der Waals surface area contributed by atoms with Crippen molar-refractivity contribution in [3.63, 3.8) is 0 Å². The summed E-state index contributed by atoms with van der Waals surface area (Å²) in [6.07, 6.45) is 8.45. The van der Waals surface area contributed by atoms with Crippen LogP contribution in [0.2, 0.25) is 0 Å². The number of unbranched alkanes of at least 4 members (excludes halogenated alkanes) is 2. The Morgan fingerprint density at radius 3 is 2.64 bits per heavy atom. The summed E-state index contributed by atoms with van der Waals surface area (Å²) in [5, 5.41) is 12.0. The lowest BCUT2D eigenvalue weighted by Crippen LogP contribution is -2.38. The first-order valence-electron chi connectivity index (χ1n) is 8.14. The lowest BCUT2D eigenvalue weighted by atomic mass is 10.0. The molecule has 0 aliphatic heterocycles. The minimum Gasteiger partial charge on any atom is -0.480 e. The van der Waals surface area contributed by atoms with E-state index in [-0.39, 0.29) is 6.04 Å². The number of aliphatic carboxylic acids is 1. The number of H-pyrrole nitrogens is 1. The minimum atomic E-state index is -0.727. The predicted molar refractivity (Wildman–Crippen MR) is 89.8 cm³/mol. The van der Waals surface area contributed by atoms with Crippen LogP contribution < -0.4 is 11.1 Å². The van der Waals surface area contributed by atoms with Crippen molar-refractivity contribution >= 4 is 5.97 Å². The highest BCUT2D eigenvalue weighted by molar-refractivity contribution is 5.73. The molecule has 1 heterocycles. The van der Waals surface area contributed by atoms with Crippen LogP contribution in [-0.2, 0) is 11.2 Å². The molecule has 6 nitrogen and oxygen atoms in total. The van der Waals surface area contributed by atoms with Gasteiger partial charge in [0.2, 0.25) is 0 Å². The molecule has 0 fully saturated rings. The fraction of sp³-hybridized carbons (Fsp3) is 0.750. The Morgan fingerprint density at radius 1 is 1.45 bits per heavy atom. The molecule has 1 aromatic rings. The second kappa shape index (κ2) is 13.3. The summed E-state index contributed by atoms with van der Waals surface area (Å²) in [5.74, 6) is -0.301. The molecule has 1 unspecified atom stereocenters. The van der Waals surface area contributed by atoms with Gasteiger partial charge in [0.1, 0.15) is 6.04 Å². The Morgan fingerprint density at radius 2 is 2.18 bits per heavy atom. The van der Waals surface area contributed by atoms with Gasteiger partial charge < -0.3 is 21.1 Å². The maximum absolute atomic E-state index is 10.8. The van der Waals surface area contributed by atoms with Crippen LogP contribution in [0.1, 0.15) is 52.1 Å². The first kappa shape index (κ1) is 20.6. The topological polar surface area (TPSA) is 104 Å². The predicted octanol–water partition coefficient (Wildman–Crippen LogP) is 2.18. The molecular weight excluding hydrogens is 280 g/mol. The highest BCUT2D eigenvalue weighted by atomic mass is 16.4. The minimum absolute atomic E-state index is 0.369. The number of rotatable bonds is 10. The van der Waals surface area contributed by atoms with E-state index in [4.69, 9.17) is 10.8 Å². The van der Waals surface area contributed by atoms with Crippen LogP contribution >= 0.6 is 0 Å². The Kier molecular flexibility index (Phi) is 12.4. The summed E-state index contributed by atoms with van der Waals surface area (Å²) in [7, 11) is 0. The van der Waals surface area contributed by atoms with E-state index in [0.717, 1.165) is 25.1 Å². The molecule has 0 amide bonds. The first-order valence-corrected chi connectivity index (χ1v) is 8.14. The third kappa shape index (κ3) is 11.3. The number of aromatic amines is 1. The van der Waals surface area contributed by atoms with Crippen molar-refractivity contribution in [2.75, 3.05) is 13.1 Å². The van der Waals surface area contributed by atoms with Crippen LogP contribution in [0.25, 0.3) is 0 Å². The third-order valence-corrected chi connectivity index (χ3v) is 3.14. The van der Waals surface area contributed by atoms with Crippen molar-refractivity contribution in [3.05, 3.63) is 18.2 Å². The zero-order valence-corrected chi connectivity index (χ0v) is 14.1. The van der Waals surface area contributed by atoms with Gasteiger partial charge in [0.25, 0.3) is 0 Å². The number of carboxylic acids is 1. The van der Waals surface area contributed by atoms with Crippen LogP contribution in [0.3, 0.4) is 0 Å². The zero-order valence-electron chi connectivity index (χ0n) is 14.1. The van der Waals surface area contributed by atoms with Gasteiger partial charge in [0.15, 0.2) is 0 Å². The number of carboxylic acid groups (broad SMARTS) is 1. The Bertz CT molecular complexity index is 366. The van der Waals surface area contributed by atoms with E-state index >= 15 is 0 Å². The molecule has 0 saturated heterocycles. The van der Waals surface area contributed by atoms with E-state index in [1.165, 1.54) is 12.8 Å². The SMILES string of the molecule is CCCCCNC(CC(C)C)C(=O)O.NCCc1cnc[nH]1. The Labute approximate surface area is 133 Å². The largest absolute Gasteiger partial charge is 0.480 e. The highest BCUT2D eigenvalue weighted by Gasteiger charge is 2.17. The van der Waals surface area contributed by atoms with Gasteiger partial charge in [0.05, 0.1) is 6.33 Å². The van der Waals surface area contributed by atoms with Crippen LogP contribution in [0, 0.1) is 5.92 Å². The molecule has 6 heteroatoms. The lowest BCUT2D eigenvalue weighted by Gasteiger charge is -2.16. The molecule has 5 N–H and O–H groups in total. The molecule has 0 bridgehead atoms. The second-order valence-corrected chi connectivity index (χ2v) is 5.80. The maximum Gasteiger partial charge on any atom is 0.320 e. The first-order chi connectivity index (χ1) is 10.5. The van der Waals surface area contributed by atoms with Crippen LogP contribution in [0.5, 0.6) is 0 Å². The van der Waals surface area contributed by atoms with E-state index in [2.05, 4.69) is 22.2 Å². The number of aromatic nitrogens is 2. The molecule has 22 heavy (non-hydrogen) atoms. The fourth-order valence-electron chi connectivity index (χ4n) is 1.97.